The molecule has 1 heterocycles. The van der Waals surface area contributed by atoms with Crippen molar-refractivity contribution in [2.75, 3.05) is 18.5 Å². The Balaban J connectivity index is 2.24. The molecule has 23 heavy (non-hydrogen) atoms. The van der Waals surface area contributed by atoms with E-state index in [1.807, 2.05) is 56.3 Å². The number of nitrogens with zero attached hydrogens (tertiary/aromatic N) is 1. The number of nitrogens with one attached hydrogen (secondary N) is 1. The van der Waals surface area contributed by atoms with Gasteiger partial charge in [0, 0.05) is 10.7 Å². The van der Waals surface area contributed by atoms with Gasteiger partial charge in [0.2, 0.25) is 0 Å². The second kappa shape index (κ2) is 8.56. The molecular formula is C18H21ClN2O2. The third-order valence-corrected chi connectivity index (χ3v) is 3.74. The molecule has 2 N–H and O–H groups in total. The van der Waals surface area contributed by atoms with E-state index in [-0.39, 0.29) is 13.2 Å². The lowest BCUT2D eigenvalue weighted by molar-refractivity contribution is 0.201. The third-order valence-electron chi connectivity index (χ3n) is 3.29. The average Bonchev–Trinajstić information content (AvgIpc) is 2.60. The third kappa shape index (κ3) is 4.71. The van der Waals surface area contributed by atoms with Crippen LogP contribution in [0.4, 0.5) is 11.5 Å². The lowest BCUT2D eigenvalue weighted by Gasteiger charge is -2.08. The number of halogens is 1. The second-order valence-electron chi connectivity index (χ2n) is 4.90. The topological polar surface area (TPSA) is 54.4 Å². The van der Waals surface area contributed by atoms with Crippen LogP contribution in [0.1, 0.15) is 20.3 Å². The van der Waals surface area contributed by atoms with Crippen LogP contribution in [-0.2, 0) is 0 Å². The Morgan fingerprint density at radius 1 is 1.26 bits per heavy atom. The van der Waals surface area contributed by atoms with Crippen molar-refractivity contribution >= 4 is 34.2 Å². The van der Waals surface area contributed by atoms with E-state index in [0.717, 1.165) is 39.3 Å². The van der Waals surface area contributed by atoms with Gasteiger partial charge in [-0.05, 0) is 55.0 Å². The maximum Gasteiger partial charge on any atom is 0.131 e. The number of aromatic nitrogens is 1. The normalized spacial score (nSPS) is 13.0. The lowest BCUT2D eigenvalue weighted by Crippen LogP contribution is -2.29. The van der Waals surface area contributed by atoms with E-state index in [1.165, 1.54) is 0 Å². The van der Waals surface area contributed by atoms with E-state index in [2.05, 4.69) is 10.3 Å². The first kappa shape index (κ1) is 17.3. The van der Waals surface area contributed by atoms with Crippen LogP contribution in [0.15, 0.2) is 36.4 Å². The highest BCUT2D eigenvalue weighted by Gasteiger charge is 2.00. The summed E-state index contributed by atoms with van der Waals surface area (Å²) in [6.45, 7) is 4.27. The first-order valence-electron chi connectivity index (χ1n) is 7.60. The molecule has 0 radical (unpaired) electrons. The standard InChI is InChI=1S/C18H21ClN2O2/c1-3-13-5-10-17(21-18(13)16(19)4-2)20-14-6-8-15(9-7-14)23-12-11-22/h3,5-10,22H,4,11-12H2,1-2H3,(H,20,21). The Morgan fingerprint density at radius 2 is 2.00 bits per heavy atom. The molecule has 1 aromatic heterocycles. The molecule has 122 valence electrons. The summed E-state index contributed by atoms with van der Waals surface area (Å²) < 4.78 is 5.34. The average molecular weight is 333 g/mol. The summed E-state index contributed by atoms with van der Waals surface area (Å²) >= 11 is 6.29. The van der Waals surface area contributed by atoms with Crippen LogP contribution < -0.4 is 20.6 Å². The molecule has 2 aromatic rings. The zero-order chi connectivity index (χ0) is 16.7. The fourth-order valence-electron chi connectivity index (χ4n) is 2.10. The van der Waals surface area contributed by atoms with E-state index < -0.39 is 0 Å². The van der Waals surface area contributed by atoms with E-state index >= 15 is 0 Å². The summed E-state index contributed by atoms with van der Waals surface area (Å²) in [7, 11) is 0. The summed E-state index contributed by atoms with van der Waals surface area (Å²) in [5, 5.41) is 14.6. The Hall–Kier alpha value is -2.04. The minimum Gasteiger partial charge on any atom is -0.491 e. The number of anilines is 2. The van der Waals surface area contributed by atoms with Crippen LogP contribution in [0.5, 0.6) is 5.75 Å². The van der Waals surface area contributed by atoms with Gasteiger partial charge in [0.25, 0.3) is 0 Å². The number of benzene rings is 1. The summed E-state index contributed by atoms with van der Waals surface area (Å²) in [5.41, 5.74) is 0.903. The Kier molecular flexibility index (Phi) is 6.44. The first-order valence-corrected chi connectivity index (χ1v) is 7.98. The molecule has 0 amide bonds. The van der Waals surface area contributed by atoms with Gasteiger partial charge >= 0.3 is 0 Å². The van der Waals surface area contributed by atoms with Crippen molar-refractivity contribution in [2.24, 2.45) is 0 Å². The molecule has 1 aromatic carbocycles. The van der Waals surface area contributed by atoms with Gasteiger partial charge in [-0.2, -0.15) is 0 Å². The zero-order valence-electron chi connectivity index (χ0n) is 13.3. The monoisotopic (exact) mass is 332 g/mol. The number of ether oxygens (including phenoxy) is 1. The maximum atomic E-state index is 8.75. The summed E-state index contributed by atoms with van der Waals surface area (Å²) in [5.74, 6) is 1.46. The van der Waals surface area contributed by atoms with Gasteiger partial charge in [0.05, 0.1) is 12.0 Å². The van der Waals surface area contributed by atoms with Gasteiger partial charge in [0.1, 0.15) is 18.2 Å². The first-order chi connectivity index (χ1) is 11.2. The minimum absolute atomic E-state index is 0.00216. The maximum absolute atomic E-state index is 8.75. The quantitative estimate of drug-likeness (QED) is 0.854. The Bertz CT molecular complexity index is 758. The molecule has 0 fully saturated rings. The zero-order valence-corrected chi connectivity index (χ0v) is 14.1. The predicted molar refractivity (Wildman–Crippen MR) is 95.5 cm³/mol. The van der Waals surface area contributed by atoms with E-state index in [1.54, 1.807) is 0 Å². The number of rotatable bonds is 6. The molecule has 0 bridgehead atoms. The van der Waals surface area contributed by atoms with Crippen molar-refractivity contribution in [2.45, 2.75) is 20.3 Å². The van der Waals surface area contributed by atoms with Crippen LogP contribution in [-0.4, -0.2) is 23.3 Å². The molecule has 4 nitrogen and oxygen atoms in total. The molecule has 0 saturated heterocycles. The van der Waals surface area contributed by atoms with E-state index in [4.69, 9.17) is 21.4 Å². The lowest BCUT2D eigenvalue weighted by atomic mass is 10.2. The molecule has 2 rings (SSSR count). The number of pyridine rings is 1. The van der Waals surface area contributed by atoms with Crippen molar-refractivity contribution in [1.82, 2.24) is 4.98 Å². The number of aliphatic hydroxyl groups excluding tert-OH is 1. The van der Waals surface area contributed by atoms with E-state index in [9.17, 15) is 0 Å². The van der Waals surface area contributed by atoms with Crippen LogP contribution in [0.2, 0.25) is 0 Å². The van der Waals surface area contributed by atoms with Gasteiger partial charge in [0.15, 0.2) is 0 Å². The van der Waals surface area contributed by atoms with Crippen LogP contribution >= 0.6 is 11.6 Å². The molecule has 0 aliphatic carbocycles. The largest absolute Gasteiger partial charge is 0.491 e. The van der Waals surface area contributed by atoms with Crippen molar-refractivity contribution in [3.8, 4) is 5.75 Å². The highest BCUT2D eigenvalue weighted by molar-refractivity contribution is 6.44. The van der Waals surface area contributed by atoms with Crippen molar-refractivity contribution in [1.29, 1.82) is 0 Å². The van der Waals surface area contributed by atoms with Gasteiger partial charge in [-0.25, -0.2) is 4.98 Å². The molecule has 0 aliphatic heterocycles. The van der Waals surface area contributed by atoms with Gasteiger partial charge in [-0.15, -0.1) is 0 Å². The SMILES string of the molecule is CC=c1ccc(Nc2ccc(OCCO)cc2)nc1=C(Cl)CC. The van der Waals surface area contributed by atoms with Crippen LogP contribution in [0.25, 0.3) is 11.1 Å². The van der Waals surface area contributed by atoms with Crippen molar-refractivity contribution in [3.63, 3.8) is 0 Å². The predicted octanol–water partition coefficient (Wildman–Crippen LogP) is 2.75. The number of hydrogen-bond acceptors (Lipinski definition) is 4. The Labute approximate surface area is 141 Å². The molecule has 0 saturated carbocycles. The smallest absolute Gasteiger partial charge is 0.131 e. The molecule has 0 unspecified atom stereocenters. The number of hydrogen-bond donors (Lipinski definition) is 2. The van der Waals surface area contributed by atoms with E-state index in [0.29, 0.717) is 0 Å². The summed E-state index contributed by atoms with van der Waals surface area (Å²) in [4.78, 5) is 4.61. The van der Waals surface area contributed by atoms with Crippen LogP contribution in [0.3, 0.4) is 0 Å². The second-order valence-corrected chi connectivity index (χ2v) is 5.36. The molecule has 0 atom stereocenters. The van der Waals surface area contributed by atoms with Gasteiger partial charge in [-0.3, -0.25) is 0 Å². The fourth-order valence-corrected chi connectivity index (χ4v) is 2.25. The Morgan fingerprint density at radius 3 is 2.61 bits per heavy atom. The summed E-state index contributed by atoms with van der Waals surface area (Å²) in [6.07, 6.45) is 2.74. The van der Waals surface area contributed by atoms with Crippen molar-refractivity contribution < 1.29 is 9.84 Å². The number of aliphatic hydroxyl groups is 1. The molecule has 5 heteroatoms. The fraction of sp³-hybridized carbons (Fsp3) is 0.278. The van der Waals surface area contributed by atoms with Gasteiger partial charge in [-0.1, -0.05) is 24.6 Å². The van der Waals surface area contributed by atoms with Crippen LogP contribution in [0, 0.1) is 0 Å². The molecule has 0 spiro atoms. The minimum atomic E-state index is 0.00216. The summed E-state index contributed by atoms with van der Waals surface area (Å²) in [6, 6.07) is 11.4. The molecule has 0 aliphatic rings. The highest BCUT2D eigenvalue weighted by atomic mass is 35.5. The van der Waals surface area contributed by atoms with Gasteiger partial charge < -0.3 is 15.2 Å². The highest BCUT2D eigenvalue weighted by Crippen LogP contribution is 2.18. The van der Waals surface area contributed by atoms with Crippen molar-refractivity contribution in [3.05, 3.63) is 47.0 Å². The molecular weight excluding hydrogens is 312 g/mol.